The fourth-order valence-corrected chi connectivity index (χ4v) is 0.719. The van der Waals surface area contributed by atoms with E-state index < -0.39 is 0 Å². The first-order chi connectivity index (χ1) is 5.20. The van der Waals surface area contributed by atoms with Gasteiger partial charge in [-0.3, -0.25) is 9.59 Å². The largest absolute Gasteiger partial charge is 0.300 e. The normalized spacial score (nSPS) is 9.18. The van der Waals surface area contributed by atoms with E-state index in [1.807, 2.05) is 0 Å². The molecule has 0 aromatic carbocycles. The van der Waals surface area contributed by atoms with Crippen LogP contribution in [0.3, 0.4) is 0 Å². The van der Waals surface area contributed by atoms with Crippen molar-refractivity contribution >= 4 is 11.6 Å². The van der Waals surface area contributed by atoms with Gasteiger partial charge in [-0.15, -0.1) is 6.58 Å². The molecule has 0 rings (SSSR count). The minimum Gasteiger partial charge on any atom is -0.300 e. The van der Waals surface area contributed by atoms with E-state index in [0.717, 1.165) is 0 Å². The molecule has 0 saturated carbocycles. The van der Waals surface area contributed by atoms with Gasteiger partial charge in [0, 0.05) is 25.7 Å². The van der Waals surface area contributed by atoms with Crippen molar-refractivity contribution in [3.05, 3.63) is 12.7 Å². The van der Waals surface area contributed by atoms with Crippen molar-refractivity contribution in [2.24, 2.45) is 0 Å². The monoisotopic (exact) mass is 154 g/mol. The summed E-state index contributed by atoms with van der Waals surface area (Å²) in [5, 5.41) is 0. The fourth-order valence-electron chi connectivity index (χ4n) is 0.719. The van der Waals surface area contributed by atoms with Crippen LogP contribution in [0.25, 0.3) is 0 Å². The number of Topliss-reactive ketones (excluding diaryl/α,β-unsaturated/α-hetero) is 2. The van der Waals surface area contributed by atoms with Crippen LogP contribution in [-0.2, 0) is 9.59 Å². The molecule has 0 bridgehead atoms. The molecule has 62 valence electrons. The summed E-state index contributed by atoms with van der Waals surface area (Å²) in [7, 11) is 0. The second-order valence-electron chi connectivity index (χ2n) is 2.42. The molecule has 0 spiro atoms. The maximum atomic E-state index is 10.8. The summed E-state index contributed by atoms with van der Waals surface area (Å²) < 4.78 is 0. The number of ketones is 2. The van der Waals surface area contributed by atoms with Crippen molar-refractivity contribution in [3.63, 3.8) is 0 Å². The molecule has 0 aliphatic carbocycles. The van der Waals surface area contributed by atoms with Gasteiger partial charge in [0.1, 0.15) is 11.6 Å². The van der Waals surface area contributed by atoms with Gasteiger partial charge in [0.15, 0.2) is 0 Å². The summed E-state index contributed by atoms with van der Waals surface area (Å²) >= 11 is 0. The highest BCUT2D eigenvalue weighted by Gasteiger charge is 2.02. The Morgan fingerprint density at radius 3 is 2.27 bits per heavy atom. The quantitative estimate of drug-likeness (QED) is 0.547. The van der Waals surface area contributed by atoms with Gasteiger partial charge in [0.25, 0.3) is 0 Å². The molecule has 0 aromatic rings. The molecule has 0 radical (unpaired) electrons. The summed E-state index contributed by atoms with van der Waals surface area (Å²) in [5.41, 5.74) is 0. The molecule has 0 unspecified atom stereocenters. The van der Waals surface area contributed by atoms with Crippen LogP contribution in [0, 0.1) is 0 Å². The lowest BCUT2D eigenvalue weighted by Gasteiger charge is -1.94. The first kappa shape index (κ1) is 10.1. The average molecular weight is 154 g/mol. The molecule has 0 heterocycles. The highest BCUT2D eigenvalue weighted by molar-refractivity contribution is 5.86. The standard InChI is InChI=1S/C9H14O2/c1-3-5-9(11)7-6-8(10)4-2/h3H,1,4-7H2,2H3. The molecule has 0 fully saturated rings. The van der Waals surface area contributed by atoms with Crippen molar-refractivity contribution in [1.29, 1.82) is 0 Å². The zero-order valence-electron chi connectivity index (χ0n) is 6.93. The summed E-state index contributed by atoms with van der Waals surface area (Å²) in [6.45, 7) is 5.25. The van der Waals surface area contributed by atoms with Crippen LogP contribution in [0.5, 0.6) is 0 Å². The summed E-state index contributed by atoms with van der Waals surface area (Å²) in [6, 6.07) is 0. The van der Waals surface area contributed by atoms with Crippen LogP contribution in [0.1, 0.15) is 32.6 Å². The number of hydrogen-bond acceptors (Lipinski definition) is 2. The molecule has 11 heavy (non-hydrogen) atoms. The lowest BCUT2D eigenvalue weighted by Crippen LogP contribution is -2.01. The van der Waals surface area contributed by atoms with E-state index in [1.165, 1.54) is 0 Å². The predicted molar refractivity (Wildman–Crippen MR) is 44.4 cm³/mol. The smallest absolute Gasteiger partial charge is 0.137 e. The molecule has 0 aliphatic heterocycles. The SMILES string of the molecule is C=CCC(=O)CCC(=O)CC. The third-order valence-electron chi connectivity index (χ3n) is 1.45. The summed E-state index contributed by atoms with van der Waals surface area (Å²) in [5.74, 6) is 0.254. The Morgan fingerprint density at radius 1 is 1.27 bits per heavy atom. The van der Waals surface area contributed by atoms with Crippen LogP contribution in [0.2, 0.25) is 0 Å². The Hall–Kier alpha value is -0.920. The minimum absolute atomic E-state index is 0.0989. The van der Waals surface area contributed by atoms with Crippen LogP contribution in [-0.4, -0.2) is 11.6 Å². The zero-order valence-corrected chi connectivity index (χ0v) is 6.93. The number of carbonyl (C=O) groups excluding carboxylic acids is 2. The Kier molecular flexibility index (Phi) is 5.35. The molecule has 0 N–H and O–H groups in total. The van der Waals surface area contributed by atoms with Gasteiger partial charge < -0.3 is 0 Å². The molecule has 0 aliphatic rings. The fraction of sp³-hybridized carbons (Fsp3) is 0.556. The van der Waals surface area contributed by atoms with Gasteiger partial charge in [0.05, 0.1) is 0 Å². The molecular formula is C9H14O2. The van der Waals surface area contributed by atoms with Crippen LogP contribution in [0.15, 0.2) is 12.7 Å². The van der Waals surface area contributed by atoms with Crippen molar-refractivity contribution in [1.82, 2.24) is 0 Å². The summed E-state index contributed by atoms with van der Waals surface area (Å²) in [4.78, 5) is 21.6. The van der Waals surface area contributed by atoms with Gasteiger partial charge in [-0.25, -0.2) is 0 Å². The molecule has 0 atom stereocenters. The van der Waals surface area contributed by atoms with Crippen LogP contribution >= 0.6 is 0 Å². The van der Waals surface area contributed by atoms with Gasteiger partial charge in [0.2, 0.25) is 0 Å². The first-order valence-corrected chi connectivity index (χ1v) is 3.85. The van der Waals surface area contributed by atoms with E-state index >= 15 is 0 Å². The van der Waals surface area contributed by atoms with Crippen molar-refractivity contribution < 1.29 is 9.59 Å². The Morgan fingerprint density at radius 2 is 1.82 bits per heavy atom. The lowest BCUT2D eigenvalue weighted by atomic mass is 10.1. The second-order valence-corrected chi connectivity index (χ2v) is 2.42. The lowest BCUT2D eigenvalue weighted by molar-refractivity contribution is -0.123. The molecule has 0 amide bonds. The van der Waals surface area contributed by atoms with E-state index in [2.05, 4.69) is 6.58 Å². The highest BCUT2D eigenvalue weighted by Crippen LogP contribution is 1.98. The summed E-state index contributed by atoms with van der Waals surface area (Å²) in [6.07, 6.45) is 3.25. The van der Waals surface area contributed by atoms with Crippen LogP contribution in [0.4, 0.5) is 0 Å². The molecule has 2 heteroatoms. The predicted octanol–water partition coefficient (Wildman–Crippen LogP) is 1.89. The van der Waals surface area contributed by atoms with E-state index in [1.54, 1.807) is 13.0 Å². The molecule has 2 nitrogen and oxygen atoms in total. The Balaban J connectivity index is 3.45. The Bertz CT molecular complexity index is 159. The van der Waals surface area contributed by atoms with Crippen molar-refractivity contribution in [3.8, 4) is 0 Å². The first-order valence-electron chi connectivity index (χ1n) is 3.85. The zero-order chi connectivity index (χ0) is 8.69. The molecule has 0 aromatic heterocycles. The number of allylic oxidation sites excluding steroid dienone is 1. The maximum absolute atomic E-state index is 10.8. The number of hydrogen-bond donors (Lipinski definition) is 0. The second kappa shape index (κ2) is 5.83. The topological polar surface area (TPSA) is 34.1 Å². The van der Waals surface area contributed by atoms with E-state index in [4.69, 9.17) is 0 Å². The molecule has 0 saturated heterocycles. The van der Waals surface area contributed by atoms with E-state index in [0.29, 0.717) is 25.7 Å². The van der Waals surface area contributed by atoms with Crippen molar-refractivity contribution in [2.75, 3.05) is 0 Å². The molecular weight excluding hydrogens is 140 g/mol. The third kappa shape index (κ3) is 5.52. The van der Waals surface area contributed by atoms with Gasteiger partial charge >= 0.3 is 0 Å². The number of carbonyl (C=O) groups is 2. The third-order valence-corrected chi connectivity index (χ3v) is 1.45. The van der Waals surface area contributed by atoms with Crippen LogP contribution < -0.4 is 0 Å². The minimum atomic E-state index is 0.0989. The van der Waals surface area contributed by atoms with E-state index in [9.17, 15) is 9.59 Å². The van der Waals surface area contributed by atoms with Gasteiger partial charge in [-0.05, 0) is 0 Å². The highest BCUT2D eigenvalue weighted by atomic mass is 16.1. The Labute approximate surface area is 67.3 Å². The average Bonchev–Trinajstić information content (AvgIpc) is 2.01. The van der Waals surface area contributed by atoms with Crippen molar-refractivity contribution in [2.45, 2.75) is 32.6 Å². The number of rotatable bonds is 6. The van der Waals surface area contributed by atoms with Gasteiger partial charge in [-0.1, -0.05) is 13.0 Å². The maximum Gasteiger partial charge on any atom is 0.137 e. The van der Waals surface area contributed by atoms with Gasteiger partial charge in [-0.2, -0.15) is 0 Å². The van der Waals surface area contributed by atoms with E-state index in [-0.39, 0.29) is 11.6 Å².